The molecule has 0 aliphatic rings. The summed E-state index contributed by atoms with van der Waals surface area (Å²) in [4.78, 5) is 24.0. The molecule has 0 aromatic heterocycles. The molecular formula is C20H21NO5. The lowest BCUT2D eigenvalue weighted by atomic mass is 10.2. The second-order valence-electron chi connectivity index (χ2n) is 5.46. The van der Waals surface area contributed by atoms with Crippen molar-refractivity contribution in [2.75, 3.05) is 25.6 Å². The number of hydrogen-bond acceptors (Lipinski definition) is 5. The van der Waals surface area contributed by atoms with E-state index < -0.39 is 11.9 Å². The van der Waals surface area contributed by atoms with E-state index in [2.05, 4.69) is 11.9 Å². The molecule has 1 N–H and O–H groups in total. The van der Waals surface area contributed by atoms with Crippen molar-refractivity contribution in [2.45, 2.75) is 6.92 Å². The molecule has 0 heterocycles. The predicted molar refractivity (Wildman–Crippen MR) is 98.8 cm³/mol. The van der Waals surface area contributed by atoms with E-state index in [1.165, 1.54) is 13.2 Å². The monoisotopic (exact) mass is 355 g/mol. The van der Waals surface area contributed by atoms with E-state index in [1.54, 1.807) is 30.3 Å². The fraction of sp³-hybridized carbons (Fsp3) is 0.200. The van der Waals surface area contributed by atoms with E-state index in [0.29, 0.717) is 23.8 Å². The molecule has 0 bridgehead atoms. The molecule has 1 amide bonds. The summed E-state index contributed by atoms with van der Waals surface area (Å²) in [7, 11) is 1.47. The lowest BCUT2D eigenvalue weighted by Gasteiger charge is -2.11. The first kappa shape index (κ1) is 19.1. The smallest absolute Gasteiger partial charge is 0.338 e. The van der Waals surface area contributed by atoms with Gasteiger partial charge in [0.2, 0.25) is 0 Å². The van der Waals surface area contributed by atoms with Crippen LogP contribution in [-0.2, 0) is 9.53 Å². The number of carbonyl (C=O) groups is 2. The molecule has 0 radical (unpaired) electrons. The number of ether oxygens (including phenoxy) is 3. The zero-order chi connectivity index (χ0) is 18.9. The van der Waals surface area contributed by atoms with Crippen LogP contribution in [0, 0.1) is 6.92 Å². The first-order chi connectivity index (χ1) is 12.5. The van der Waals surface area contributed by atoms with Gasteiger partial charge in [-0.1, -0.05) is 30.4 Å². The van der Waals surface area contributed by atoms with E-state index >= 15 is 0 Å². The summed E-state index contributed by atoms with van der Waals surface area (Å²) in [6.45, 7) is 5.46. The molecule has 0 aliphatic heterocycles. The summed E-state index contributed by atoms with van der Waals surface area (Å²) in [5.74, 6) is -0.163. The SMILES string of the molecule is C=CCOc1ccc(C(=O)OCC(=O)Nc2ccc(C)cc2)cc1OC. The third kappa shape index (κ3) is 5.37. The normalized spacial score (nSPS) is 9.92. The van der Waals surface area contributed by atoms with Gasteiger partial charge in [0.15, 0.2) is 18.1 Å². The van der Waals surface area contributed by atoms with Gasteiger partial charge in [0.05, 0.1) is 12.7 Å². The quantitative estimate of drug-likeness (QED) is 0.580. The highest BCUT2D eigenvalue weighted by Gasteiger charge is 2.14. The highest BCUT2D eigenvalue weighted by atomic mass is 16.5. The van der Waals surface area contributed by atoms with E-state index in [0.717, 1.165) is 5.56 Å². The minimum Gasteiger partial charge on any atom is -0.493 e. The molecule has 0 saturated carbocycles. The van der Waals surface area contributed by atoms with Crippen molar-refractivity contribution in [3.05, 3.63) is 66.2 Å². The molecule has 2 aromatic carbocycles. The van der Waals surface area contributed by atoms with Crippen molar-refractivity contribution in [3.8, 4) is 11.5 Å². The van der Waals surface area contributed by atoms with Crippen molar-refractivity contribution >= 4 is 17.6 Å². The zero-order valence-electron chi connectivity index (χ0n) is 14.8. The standard InChI is InChI=1S/C20H21NO5/c1-4-11-25-17-10-7-15(12-18(17)24-3)20(23)26-13-19(22)21-16-8-5-14(2)6-9-16/h4-10,12H,1,11,13H2,2-3H3,(H,21,22). The Bertz CT molecular complexity index is 783. The summed E-state index contributed by atoms with van der Waals surface area (Å²) < 4.78 is 15.7. The van der Waals surface area contributed by atoms with Crippen molar-refractivity contribution < 1.29 is 23.8 Å². The first-order valence-corrected chi connectivity index (χ1v) is 7.99. The number of hydrogen-bond donors (Lipinski definition) is 1. The van der Waals surface area contributed by atoms with Crippen LogP contribution < -0.4 is 14.8 Å². The van der Waals surface area contributed by atoms with Gasteiger partial charge < -0.3 is 19.5 Å². The summed E-state index contributed by atoms with van der Waals surface area (Å²) in [5.41, 5.74) is 1.99. The number of benzene rings is 2. The Morgan fingerprint density at radius 3 is 2.50 bits per heavy atom. The molecule has 0 fully saturated rings. The average Bonchev–Trinajstić information content (AvgIpc) is 2.66. The maximum absolute atomic E-state index is 12.1. The first-order valence-electron chi connectivity index (χ1n) is 7.99. The molecule has 2 rings (SSSR count). The van der Waals surface area contributed by atoms with Gasteiger partial charge in [-0.2, -0.15) is 0 Å². The van der Waals surface area contributed by atoms with E-state index in [1.807, 2.05) is 19.1 Å². The topological polar surface area (TPSA) is 73.9 Å². The van der Waals surface area contributed by atoms with Crippen LogP contribution >= 0.6 is 0 Å². The number of esters is 1. The molecule has 26 heavy (non-hydrogen) atoms. The molecule has 0 atom stereocenters. The molecule has 0 aliphatic carbocycles. The van der Waals surface area contributed by atoms with Crippen LogP contribution in [0.3, 0.4) is 0 Å². The average molecular weight is 355 g/mol. The Morgan fingerprint density at radius 1 is 1.12 bits per heavy atom. The lowest BCUT2D eigenvalue weighted by Crippen LogP contribution is -2.21. The number of rotatable bonds is 8. The fourth-order valence-electron chi connectivity index (χ4n) is 2.11. The van der Waals surface area contributed by atoms with Crippen molar-refractivity contribution in [2.24, 2.45) is 0 Å². The molecule has 0 unspecified atom stereocenters. The van der Waals surface area contributed by atoms with Crippen LogP contribution in [0.4, 0.5) is 5.69 Å². The maximum atomic E-state index is 12.1. The summed E-state index contributed by atoms with van der Waals surface area (Å²) in [6, 6.07) is 12.0. The minimum atomic E-state index is -0.627. The summed E-state index contributed by atoms with van der Waals surface area (Å²) in [6.07, 6.45) is 1.61. The second-order valence-corrected chi connectivity index (χ2v) is 5.46. The maximum Gasteiger partial charge on any atom is 0.338 e. The molecule has 6 nitrogen and oxygen atoms in total. The number of aryl methyl sites for hydroxylation is 1. The summed E-state index contributed by atoms with van der Waals surface area (Å²) in [5, 5.41) is 2.66. The van der Waals surface area contributed by atoms with Crippen molar-refractivity contribution in [1.29, 1.82) is 0 Å². The van der Waals surface area contributed by atoms with Crippen LogP contribution in [0.5, 0.6) is 11.5 Å². The highest BCUT2D eigenvalue weighted by molar-refractivity contribution is 5.95. The Labute approximate surface area is 152 Å². The van der Waals surface area contributed by atoms with E-state index in [4.69, 9.17) is 14.2 Å². The Kier molecular flexibility index (Phi) is 6.79. The van der Waals surface area contributed by atoms with Crippen LogP contribution in [-0.4, -0.2) is 32.2 Å². The van der Waals surface area contributed by atoms with Crippen molar-refractivity contribution in [3.63, 3.8) is 0 Å². The molecule has 0 spiro atoms. The fourth-order valence-corrected chi connectivity index (χ4v) is 2.11. The van der Waals surface area contributed by atoms with E-state index in [9.17, 15) is 9.59 Å². The van der Waals surface area contributed by atoms with Gasteiger partial charge in [-0.05, 0) is 37.3 Å². The molecule has 0 saturated heterocycles. The van der Waals surface area contributed by atoms with Gasteiger partial charge in [-0.15, -0.1) is 0 Å². The molecule has 136 valence electrons. The summed E-state index contributed by atoms with van der Waals surface area (Å²) >= 11 is 0. The highest BCUT2D eigenvalue weighted by Crippen LogP contribution is 2.28. The molecule has 6 heteroatoms. The van der Waals surface area contributed by atoms with E-state index in [-0.39, 0.29) is 12.2 Å². The van der Waals surface area contributed by atoms with Gasteiger partial charge in [0, 0.05) is 5.69 Å². The van der Waals surface area contributed by atoms with Gasteiger partial charge in [0.25, 0.3) is 5.91 Å². The lowest BCUT2D eigenvalue weighted by molar-refractivity contribution is -0.119. The van der Waals surface area contributed by atoms with Crippen LogP contribution in [0.2, 0.25) is 0 Å². The van der Waals surface area contributed by atoms with Gasteiger partial charge in [-0.25, -0.2) is 4.79 Å². The predicted octanol–water partition coefficient (Wildman–Crippen LogP) is 3.36. The van der Waals surface area contributed by atoms with Gasteiger partial charge in [-0.3, -0.25) is 4.79 Å². The Morgan fingerprint density at radius 2 is 1.85 bits per heavy atom. The van der Waals surface area contributed by atoms with Crippen molar-refractivity contribution in [1.82, 2.24) is 0 Å². The Hall–Kier alpha value is -3.28. The van der Waals surface area contributed by atoms with Crippen LogP contribution in [0.1, 0.15) is 15.9 Å². The third-order valence-electron chi connectivity index (χ3n) is 3.43. The van der Waals surface area contributed by atoms with Crippen LogP contribution in [0.25, 0.3) is 0 Å². The minimum absolute atomic E-state index is 0.260. The zero-order valence-corrected chi connectivity index (χ0v) is 14.8. The Balaban J connectivity index is 1.93. The largest absolute Gasteiger partial charge is 0.493 e. The number of nitrogens with one attached hydrogen (secondary N) is 1. The molecular weight excluding hydrogens is 334 g/mol. The number of methoxy groups -OCH3 is 1. The number of amides is 1. The number of anilines is 1. The molecule has 2 aromatic rings. The van der Waals surface area contributed by atoms with Crippen LogP contribution in [0.15, 0.2) is 55.1 Å². The third-order valence-corrected chi connectivity index (χ3v) is 3.43. The van der Waals surface area contributed by atoms with Gasteiger partial charge in [0.1, 0.15) is 6.61 Å². The second kappa shape index (κ2) is 9.27. The van der Waals surface area contributed by atoms with Gasteiger partial charge >= 0.3 is 5.97 Å². The number of carbonyl (C=O) groups excluding carboxylic acids is 2.